The Labute approximate surface area is 510 Å². The zero-order valence-electron chi connectivity index (χ0n) is 55.7. The number of allylic oxidation sites excluding steroid dienone is 2. The van der Waals surface area contributed by atoms with Crippen LogP contribution in [0.5, 0.6) is 0 Å². The molecule has 1 N–H and O–H groups in total. The zero-order valence-corrected chi connectivity index (χ0v) is 55.7. The highest BCUT2D eigenvalue weighted by Gasteiger charge is 2.25. The smallest absolute Gasteiger partial charge is 0.361 e. The average Bonchev–Trinajstić information content (AvgIpc) is 3.47. The van der Waals surface area contributed by atoms with Gasteiger partial charge >= 0.3 is 17.9 Å². The number of quaternary nitrogens is 1. The fourth-order valence-corrected chi connectivity index (χ4v) is 11.2. The van der Waals surface area contributed by atoms with Crippen molar-refractivity contribution in [1.29, 1.82) is 0 Å². The van der Waals surface area contributed by atoms with Crippen LogP contribution in [-0.2, 0) is 33.3 Å². The van der Waals surface area contributed by atoms with Crippen molar-refractivity contribution in [3.05, 3.63) is 12.2 Å². The number of carbonyl (C=O) groups is 3. The highest BCUT2D eigenvalue weighted by Crippen LogP contribution is 2.19. The van der Waals surface area contributed by atoms with Crippen LogP contribution in [0.4, 0.5) is 0 Å². The van der Waals surface area contributed by atoms with Crippen LogP contribution < -0.4 is 0 Å². The lowest BCUT2D eigenvalue weighted by atomic mass is 10.0. The van der Waals surface area contributed by atoms with Crippen molar-refractivity contribution in [2.45, 2.75) is 392 Å². The van der Waals surface area contributed by atoms with Gasteiger partial charge in [-0.05, 0) is 38.5 Å². The average molecular weight is 1160 g/mol. The van der Waals surface area contributed by atoms with Crippen molar-refractivity contribution in [2.24, 2.45) is 0 Å². The molecule has 2 atom stereocenters. The summed E-state index contributed by atoms with van der Waals surface area (Å²) in [6, 6.07) is 0. The fraction of sp³-hybridized carbons (Fsp3) is 0.932. The van der Waals surface area contributed by atoms with Crippen molar-refractivity contribution < 1.29 is 42.9 Å². The number of aliphatic carboxylic acids is 1. The van der Waals surface area contributed by atoms with Gasteiger partial charge in [0.2, 0.25) is 0 Å². The first-order chi connectivity index (χ1) is 40.1. The summed E-state index contributed by atoms with van der Waals surface area (Å²) in [5.74, 6) is -1.97. The van der Waals surface area contributed by atoms with E-state index in [0.29, 0.717) is 17.4 Å². The van der Waals surface area contributed by atoms with E-state index in [0.717, 1.165) is 38.5 Å². The largest absolute Gasteiger partial charge is 0.477 e. The number of likely N-dealkylation sites (N-methyl/N-ethyl adjacent to an activating group) is 1. The first-order valence-electron chi connectivity index (χ1n) is 36.4. The second kappa shape index (κ2) is 65.0. The van der Waals surface area contributed by atoms with E-state index in [-0.39, 0.29) is 38.2 Å². The molecule has 0 aliphatic carbocycles. The van der Waals surface area contributed by atoms with Gasteiger partial charge in [0, 0.05) is 12.8 Å². The maximum atomic E-state index is 12.9. The van der Waals surface area contributed by atoms with Crippen molar-refractivity contribution in [1.82, 2.24) is 0 Å². The monoisotopic (exact) mass is 1160 g/mol. The van der Waals surface area contributed by atoms with Crippen LogP contribution in [0.1, 0.15) is 380 Å². The third kappa shape index (κ3) is 65.6. The molecule has 9 nitrogen and oxygen atoms in total. The lowest BCUT2D eigenvalue weighted by Crippen LogP contribution is -2.40. The van der Waals surface area contributed by atoms with Crippen LogP contribution in [-0.4, -0.2) is 87.4 Å². The fourth-order valence-electron chi connectivity index (χ4n) is 11.2. The summed E-state index contributed by atoms with van der Waals surface area (Å²) in [6.45, 7) is 4.96. The van der Waals surface area contributed by atoms with Gasteiger partial charge in [-0.25, -0.2) is 4.79 Å². The van der Waals surface area contributed by atoms with E-state index in [9.17, 15) is 19.5 Å². The molecule has 0 fully saturated rings. The molecule has 0 bridgehead atoms. The van der Waals surface area contributed by atoms with Crippen LogP contribution in [0.3, 0.4) is 0 Å². The number of carboxylic acids is 1. The number of carboxylic acid groups (broad SMARTS) is 1. The van der Waals surface area contributed by atoms with Gasteiger partial charge in [-0.3, -0.25) is 9.59 Å². The summed E-state index contributed by atoms with van der Waals surface area (Å²) >= 11 is 0. The standard InChI is InChI=1S/C73H141NO8/c1-6-8-10-12-14-16-18-20-22-24-26-28-29-30-31-32-33-34-35-36-37-38-39-40-41-42-43-44-46-48-50-52-54-56-58-60-62-64-71(76)82-69(68-81-73(72(77)78)79-66-65-74(3,4)5)67-80-70(75)63-61-59-57-55-53-51-49-47-45-27-25-23-21-19-17-15-13-11-9-7-2/h24,26,69,73H,6-23,25,27-68H2,1-5H3/p+1/b26-24-. The Morgan fingerprint density at radius 1 is 0.354 bits per heavy atom. The van der Waals surface area contributed by atoms with E-state index in [1.54, 1.807) is 0 Å². The van der Waals surface area contributed by atoms with E-state index in [2.05, 4.69) is 26.0 Å². The molecule has 0 amide bonds. The molecule has 0 radical (unpaired) electrons. The van der Waals surface area contributed by atoms with Crippen LogP contribution in [0.15, 0.2) is 12.2 Å². The van der Waals surface area contributed by atoms with Gasteiger partial charge in [0.05, 0.1) is 34.4 Å². The molecule has 0 aromatic rings. The third-order valence-electron chi connectivity index (χ3n) is 16.8. The van der Waals surface area contributed by atoms with Gasteiger partial charge in [0.25, 0.3) is 6.29 Å². The Morgan fingerprint density at radius 3 is 0.902 bits per heavy atom. The number of esters is 2. The molecule has 0 heterocycles. The normalized spacial score (nSPS) is 12.6. The summed E-state index contributed by atoms with van der Waals surface area (Å²) in [5, 5.41) is 9.74. The Kier molecular flexibility index (Phi) is 63.5. The van der Waals surface area contributed by atoms with E-state index in [4.69, 9.17) is 18.9 Å². The highest BCUT2D eigenvalue weighted by atomic mass is 16.7. The minimum atomic E-state index is -1.51. The van der Waals surface area contributed by atoms with Crippen molar-refractivity contribution in [2.75, 3.05) is 47.5 Å². The molecule has 0 saturated heterocycles. The molecule has 9 heteroatoms. The van der Waals surface area contributed by atoms with Crippen molar-refractivity contribution in [3.8, 4) is 0 Å². The molecule has 0 aromatic heterocycles. The SMILES string of the molecule is CCCCCCCCCC/C=C\CCCCCCCCCCCCCCCCCCCCCCCCCCCC(=O)OC(COC(=O)CCCCCCCCCCCCCCCCCCCCCC)COC(OCC[N+](C)(C)C)C(=O)O. The summed E-state index contributed by atoms with van der Waals surface area (Å²) < 4.78 is 23.0. The minimum Gasteiger partial charge on any atom is -0.477 e. The van der Waals surface area contributed by atoms with E-state index in [1.807, 2.05) is 21.1 Å². The minimum absolute atomic E-state index is 0.173. The van der Waals surface area contributed by atoms with Crippen LogP contribution in [0.2, 0.25) is 0 Å². The van der Waals surface area contributed by atoms with Gasteiger partial charge in [-0.2, -0.15) is 0 Å². The number of ether oxygens (including phenoxy) is 4. The van der Waals surface area contributed by atoms with Crippen molar-refractivity contribution in [3.63, 3.8) is 0 Å². The summed E-state index contributed by atoms with van der Waals surface area (Å²) in [7, 11) is 5.99. The molecule has 82 heavy (non-hydrogen) atoms. The second-order valence-electron chi connectivity index (χ2n) is 26.3. The van der Waals surface area contributed by atoms with Crippen LogP contribution in [0, 0.1) is 0 Å². The Balaban J connectivity index is 3.96. The number of unbranched alkanes of at least 4 members (excludes halogenated alkanes) is 52. The first-order valence-corrected chi connectivity index (χ1v) is 36.4. The molecule has 0 aromatic carbocycles. The summed E-state index contributed by atoms with van der Waals surface area (Å²) in [4.78, 5) is 37.6. The maximum absolute atomic E-state index is 12.9. The molecule has 2 unspecified atom stereocenters. The first kappa shape index (κ1) is 80.0. The number of carbonyl (C=O) groups excluding carboxylic acids is 2. The van der Waals surface area contributed by atoms with Gasteiger partial charge in [0.1, 0.15) is 13.2 Å². The second-order valence-corrected chi connectivity index (χ2v) is 26.3. The lowest BCUT2D eigenvalue weighted by Gasteiger charge is -2.25. The predicted octanol–water partition coefficient (Wildman–Crippen LogP) is 22.4. The van der Waals surface area contributed by atoms with E-state index < -0.39 is 18.4 Å². The maximum Gasteiger partial charge on any atom is 0.361 e. The highest BCUT2D eigenvalue weighted by molar-refractivity contribution is 5.71. The Hall–Kier alpha value is -1.97. The summed E-state index contributed by atoms with van der Waals surface area (Å²) in [5.41, 5.74) is 0. The van der Waals surface area contributed by atoms with Gasteiger partial charge in [-0.15, -0.1) is 0 Å². The molecule has 0 saturated carbocycles. The van der Waals surface area contributed by atoms with Crippen LogP contribution >= 0.6 is 0 Å². The third-order valence-corrected chi connectivity index (χ3v) is 16.8. The zero-order chi connectivity index (χ0) is 59.8. The molecule has 0 spiro atoms. The number of hydrogen-bond donors (Lipinski definition) is 1. The molecule has 0 rings (SSSR count). The summed E-state index contributed by atoms with van der Waals surface area (Å²) in [6.07, 6.45) is 76.3. The van der Waals surface area contributed by atoms with E-state index >= 15 is 0 Å². The van der Waals surface area contributed by atoms with E-state index in [1.165, 1.54) is 315 Å². The topological polar surface area (TPSA) is 108 Å². The van der Waals surface area contributed by atoms with Gasteiger partial charge in [-0.1, -0.05) is 341 Å². The quantitative estimate of drug-likeness (QED) is 0.0211. The molecule has 0 aliphatic heterocycles. The number of hydrogen-bond acceptors (Lipinski definition) is 7. The number of rotatable bonds is 69. The molecular weight excluding hydrogens is 1020 g/mol. The number of nitrogens with zero attached hydrogens (tertiary/aromatic N) is 1. The Morgan fingerprint density at radius 2 is 0.622 bits per heavy atom. The molecule has 486 valence electrons. The lowest BCUT2D eigenvalue weighted by molar-refractivity contribution is -0.870. The van der Waals surface area contributed by atoms with Crippen molar-refractivity contribution >= 4 is 17.9 Å². The predicted molar refractivity (Wildman–Crippen MR) is 351 cm³/mol. The molecule has 0 aliphatic rings. The Bertz CT molecular complexity index is 1350. The van der Waals surface area contributed by atoms with Gasteiger partial charge < -0.3 is 28.5 Å². The van der Waals surface area contributed by atoms with Gasteiger partial charge in [0.15, 0.2) is 6.10 Å². The molecular formula is C73H142NO8+. The van der Waals surface area contributed by atoms with Crippen LogP contribution in [0.25, 0.3) is 0 Å².